The minimum atomic E-state index is -0.283. The van der Waals surface area contributed by atoms with Gasteiger partial charge < -0.3 is 0 Å². The molecule has 1 heterocycles. The summed E-state index contributed by atoms with van der Waals surface area (Å²) >= 11 is 0. The monoisotopic (exact) mass is 185 g/mol. The predicted octanol–water partition coefficient (Wildman–Crippen LogP) is 2.30. The molecule has 2 aliphatic rings. The Kier molecular flexibility index (Phi) is 1.86. The number of hydrogen-bond donors (Lipinski definition) is 0. The van der Waals surface area contributed by atoms with Crippen LogP contribution < -0.4 is 0 Å². The van der Waals surface area contributed by atoms with Crippen molar-refractivity contribution in [2.45, 2.75) is 45.6 Å². The summed E-state index contributed by atoms with van der Waals surface area (Å²) in [5.74, 6) is -0.361. The first-order valence-corrected chi connectivity index (χ1v) is 5.04. The molecular weight excluding hydrogens is 169 g/mol. The van der Waals surface area contributed by atoms with Gasteiger partial charge in [0, 0.05) is 5.92 Å². The van der Waals surface area contributed by atoms with E-state index in [2.05, 4.69) is 0 Å². The van der Waals surface area contributed by atoms with E-state index in [0.717, 1.165) is 25.7 Å². The third-order valence-corrected chi connectivity index (χ3v) is 3.76. The van der Waals surface area contributed by atoms with Crippen LogP contribution in [0.3, 0.4) is 0 Å². The standard InChI is InChI=1S/C10H16FNO/c1-10(2)7-5-3-4-6-8(10)12(11)9(7)13/h7-8H,3-6H2,1-2H3. The molecule has 74 valence electrons. The maximum atomic E-state index is 13.4. The fourth-order valence-electron chi connectivity index (χ4n) is 2.81. The molecule has 2 rings (SSSR count). The maximum Gasteiger partial charge on any atom is 0.254 e. The molecular formula is C10H16FNO. The summed E-state index contributed by atoms with van der Waals surface area (Å²) in [6.45, 7) is 4.04. The molecule has 13 heavy (non-hydrogen) atoms. The summed E-state index contributed by atoms with van der Waals surface area (Å²) in [7, 11) is 0. The molecule has 0 N–H and O–H groups in total. The van der Waals surface area contributed by atoms with E-state index in [1.807, 2.05) is 13.8 Å². The lowest BCUT2D eigenvalue weighted by molar-refractivity contribution is -0.148. The summed E-state index contributed by atoms with van der Waals surface area (Å²) in [5.41, 5.74) is -0.164. The van der Waals surface area contributed by atoms with Crippen molar-refractivity contribution < 1.29 is 9.28 Å². The van der Waals surface area contributed by atoms with Crippen molar-refractivity contribution in [3.8, 4) is 0 Å². The van der Waals surface area contributed by atoms with E-state index < -0.39 is 0 Å². The highest BCUT2D eigenvalue weighted by Gasteiger charge is 2.54. The van der Waals surface area contributed by atoms with E-state index in [-0.39, 0.29) is 23.3 Å². The van der Waals surface area contributed by atoms with Crippen molar-refractivity contribution in [2.24, 2.45) is 11.3 Å². The van der Waals surface area contributed by atoms with Crippen LogP contribution in [0.1, 0.15) is 39.5 Å². The van der Waals surface area contributed by atoms with Crippen LogP contribution >= 0.6 is 0 Å². The minimum absolute atomic E-state index is 0.0787. The molecule has 1 saturated carbocycles. The molecule has 1 aliphatic carbocycles. The molecule has 2 fully saturated rings. The van der Waals surface area contributed by atoms with Crippen molar-refractivity contribution in [1.82, 2.24) is 5.12 Å². The van der Waals surface area contributed by atoms with E-state index in [1.165, 1.54) is 0 Å². The number of carbonyl (C=O) groups is 1. The Hall–Kier alpha value is -0.600. The Morgan fingerprint density at radius 1 is 1.38 bits per heavy atom. The van der Waals surface area contributed by atoms with Gasteiger partial charge >= 0.3 is 0 Å². The second kappa shape index (κ2) is 2.69. The number of hydrogen-bond acceptors (Lipinski definition) is 1. The number of rotatable bonds is 0. The van der Waals surface area contributed by atoms with Crippen molar-refractivity contribution in [2.75, 3.05) is 0 Å². The topological polar surface area (TPSA) is 20.3 Å². The average Bonchev–Trinajstić information content (AvgIpc) is 2.23. The number of nitrogens with zero attached hydrogens (tertiary/aromatic N) is 1. The number of fused-ring (bicyclic) bond motifs is 2. The lowest BCUT2D eigenvalue weighted by Crippen LogP contribution is -2.32. The van der Waals surface area contributed by atoms with Gasteiger partial charge in [0.2, 0.25) is 0 Å². The van der Waals surface area contributed by atoms with Crippen molar-refractivity contribution >= 4 is 5.91 Å². The van der Waals surface area contributed by atoms with E-state index >= 15 is 0 Å². The van der Waals surface area contributed by atoms with Gasteiger partial charge in [0.1, 0.15) is 0 Å². The zero-order chi connectivity index (χ0) is 9.64. The third-order valence-electron chi connectivity index (χ3n) is 3.76. The average molecular weight is 185 g/mol. The van der Waals surface area contributed by atoms with Crippen molar-refractivity contribution in [3.05, 3.63) is 0 Å². The molecule has 1 amide bonds. The summed E-state index contributed by atoms with van der Waals surface area (Å²) < 4.78 is 13.4. The van der Waals surface area contributed by atoms with Crippen molar-refractivity contribution in [1.29, 1.82) is 0 Å². The van der Waals surface area contributed by atoms with Gasteiger partial charge in [0.15, 0.2) is 0 Å². The first-order valence-electron chi connectivity index (χ1n) is 5.04. The van der Waals surface area contributed by atoms with Crippen LogP contribution in [0, 0.1) is 11.3 Å². The Balaban J connectivity index is 2.36. The van der Waals surface area contributed by atoms with Crippen LogP contribution in [-0.2, 0) is 4.79 Å². The molecule has 0 radical (unpaired) electrons. The Morgan fingerprint density at radius 3 is 2.69 bits per heavy atom. The summed E-state index contributed by atoms with van der Waals surface area (Å²) in [4.78, 5) is 11.5. The molecule has 1 aliphatic heterocycles. The molecule has 2 atom stereocenters. The maximum absolute atomic E-state index is 13.4. The Bertz CT molecular complexity index is 239. The molecule has 0 spiro atoms. The quantitative estimate of drug-likeness (QED) is 0.530. The van der Waals surface area contributed by atoms with E-state index in [4.69, 9.17) is 0 Å². The van der Waals surface area contributed by atoms with Crippen LogP contribution in [0.4, 0.5) is 4.48 Å². The molecule has 2 bridgehead atoms. The summed E-state index contributed by atoms with van der Waals surface area (Å²) in [6.07, 6.45) is 3.82. The molecule has 0 aromatic carbocycles. The van der Waals surface area contributed by atoms with Gasteiger partial charge in [-0.05, 0) is 18.3 Å². The van der Waals surface area contributed by atoms with Crippen LogP contribution in [0.25, 0.3) is 0 Å². The highest BCUT2D eigenvalue weighted by atomic mass is 19.2. The highest BCUT2D eigenvalue weighted by Crippen LogP contribution is 2.48. The molecule has 3 heteroatoms. The van der Waals surface area contributed by atoms with E-state index in [9.17, 15) is 9.28 Å². The number of halogens is 1. The molecule has 2 unspecified atom stereocenters. The largest absolute Gasteiger partial charge is 0.272 e. The minimum Gasteiger partial charge on any atom is -0.272 e. The van der Waals surface area contributed by atoms with Crippen LogP contribution in [-0.4, -0.2) is 17.1 Å². The van der Waals surface area contributed by atoms with Gasteiger partial charge in [0.05, 0.1) is 6.04 Å². The molecule has 0 aromatic rings. The molecule has 2 nitrogen and oxygen atoms in total. The van der Waals surface area contributed by atoms with Gasteiger partial charge in [-0.1, -0.05) is 31.2 Å². The first-order chi connectivity index (χ1) is 6.05. The second-order valence-electron chi connectivity index (χ2n) is 4.82. The smallest absolute Gasteiger partial charge is 0.254 e. The zero-order valence-electron chi connectivity index (χ0n) is 8.22. The van der Waals surface area contributed by atoms with Crippen LogP contribution in [0.5, 0.6) is 0 Å². The van der Waals surface area contributed by atoms with Gasteiger partial charge in [-0.25, -0.2) is 0 Å². The molecule has 0 aromatic heterocycles. The summed E-state index contributed by atoms with van der Waals surface area (Å²) in [5, 5.41) is 0.490. The van der Waals surface area contributed by atoms with Crippen molar-refractivity contribution in [3.63, 3.8) is 0 Å². The zero-order valence-corrected chi connectivity index (χ0v) is 8.22. The molecule has 1 saturated heterocycles. The fourth-order valence-corrected chi connectivity index (χ4v) is 2.81. The van der Waals surface area contributed by atoms with Gasteiger partial charge in [-0.15, -0.1) is 0 Å². The van der Waals surface area contributed by atoms with Gasteiger partial charge in [-0.2, -0.15) is 5.12 Å². The number of carbonyl (C=O) groups excluding carboxylic acids is 1. The SMILES string of the molecule is CC1(C)C2CCCCC1N(F)C2=O. The number of amides is 1. The van der Waals surface area contributed by atoms with E-state index in [0.29, 0.717) is 5.12 Å². The Morgan fingerprint density at radius 2 is 2.00 bits per heavy atom. The van der Waals surface area contributed by atoms with Gasteiger partial charge in [-0.3, -0.25) is 4.79 Å². The van der Waals surface area contributed by atoms with Gasteiger partial charge in [0.25, 0.3) is 5.91 Å². The second-order valence-corrected chi connectivity index (χ2v) is 4.82. The third kappa shape index (κ3) is 1.09. The first kappa shape index (κ1) is 8.97. The summed E-state index contributed by atoms with van der Waals surface area (Å²) in [6, 6.07) is -0.174. The van der Waals surface area contributed by atoms with E-state index in [1.54, 1.807) is 0 Å². The van der Waals surface area contributed by atoms with Crippen LogP contribution in [0.2, 0.25) is 0 Å². The Labute approximate surface area is 78.0 Å². The lowest BCUT2D eigenvalue weighted by atomic mass is 9.76. The predicted molar refractivity (Wildman–Crippen MR) is 47.5 cm³/mol. The lowest BCUT2D eigenvalue weighted by Gasteiger charge is -2.28. The highest BCUT2D eigenvalue weighted by molar-refractivity contribution is 5.81. The normalized spacial score (nSPS) is 37.8. The fraction of sp³-hybridized carbons (Fsp3) is 0.900. The van der Waals surface area contributed by atoms with Crippen LogP contribution in [0.15, 0.2) is 0 Å².